The number of rotatable bonds is 8. The Morgan fingerprint density at radius 2 is 1.76 bits per heavy atom. The van der Waals surface area contributed by atoms with Crippen molar-refractivity contribution in [1.29, 1.82) is 0 Å². The van der Waals surface area contributed by atoms with Crippen LogP contribution in [0, 0.1) is 5.82 Å². The van der Waals surface area contributed by atoms with Gasteiger partial charge in [0.25, 0.3) is 0 Å². The largest absolute Gasteiger partial charge is 0.445 e. The Bertz CT molecular complexity index is 569. The summed E-state index contributed by atoms with van der Waals surface area (Å²) in [7, 11) is 3.25. The van der Waals surface area contributed by atoms with Crippen LogP contribution in [0.4, 0.5) is 9.18 Å². The topological polar surface area (TPSA) is 59.1 Å². The van der Waals surface area contributed by atoms with E-state index >= 15 is 0 Å². The van der Waals surface area contributed by atoms with E-state index < -0.39 is 11.6 Å². The van der Waals surface area contributed by atoms with Gasteiger partial charge < -0.3 is 9.57 Å². The Labute approximate surface area is 148 Å². The molecule has 0 fully saturated rings. The Hall–Kier alpha value is -1.99. The second kappa shape index (κ2) is 9.48. The molecule has 0 radical (unpaired) electrons. The van der Waals surface area contributed by atoms with Gasteiger partial charge in [-0.3, -0.25) is 9.69 Å². The summed E-state index contributed by atoms with van der Waals surface area (Å²) in [6.07, 6.45) is -0.312. The summed E-state index contributed by atoms with van der Waals surface area (Å²) in [6, 6.07) is 5.71. The quantitative estimate of drug-likeness (QED) is 0.672. The average Bonchev–Trinajstić information content (AvgIpc) is 2.55. The zero-order chi connectivity index (χ0) is 19.0. The van der Waals surface area contributed by atoms with Crippen LogP contribution in [0.5, 0.6) is 0 Å². The van der Waals surface area contributed by atoms with Crippen LogP contribution in [0.1, 0.15) is 32.8 Å². The molecule has 0 aliphatic heterocycles. The molecule has 25 heavy (non-hydrogen) atoms. The predicted octanol–water partition coefficient (Wildman–Crippen LogP) is 3.02. The number of carbonyl (C=O) groups excluding carboxylic acids is 2. The van der Waals surface area contributed by atoms with Crippen LogP contribution < -0.4 is 0 Å². The van der Waals surface area contributed by atoms with Gasteiger partial charge >= 0.3 is 6.09 Å². The number of hydroxylamine groups is 2. The fourth-order valence-electron chi connectivity index (χ4n) is 2.01. The first-order valence-electron chi connectivity index (χ1n) is 8.09. The third kappa shape index (κ3) is 7.62. The Morgan fingerprint density at radius 1 is 1.16 bits per heavy atom. The molecule has 6 nitrogen and oxygen atoms in total. The van der Waals surface area contributed by atoms with Crippen molar-refractivity contribution in [2.75, 3.05) is 27.2 Å². The minimum absolute atomic E-state index is 0.0201. The minimum Gasteiger partial charge on any atom is -0.445 e. The van der Waals surface area contributed by atoms with E-state index in [2.05, 4.69) is 0 Å². The van der Waals surface area contributed by atoms with E-state index in [1.807, 2.05) is 20.8 Å². The lowest BCUT2D eigenvalue weighted by Gasteiger charge is -2.34. The van der Waals surface area contributed by atoms with E-state index in [1.54, 1.807) is 24.2 Å². The third-order valence-corrected chi connectivity index (χ3v) is 3.66. The SMILES string of the molecule is CON(C)CCC(=O)CN(C(=O)OCc1ccc(F)cc1)C(C)(C)C. The molecule has 0 unspecified atom stereocenters. The summed E-state index contributed by atoms with van der Waals surface area (Å²) < 4.78 is 18.2. The molecule has 1 amide bonds. The number of Topliss-reactive ketones (excluding diaryl/α,β-unsaturated/α-hetero) is 1. The van der Waals surface area contributed by atoms with Gasteiger partial charge in [-0.2, -0.15) is 5.06 Å². The average molecular weight is 354 g/mol. The second-order valence-electron chi connectivity index (χ2n) is 6.76. The van der Waals surface area contributed by atoms with E-state index in [0.717, 1.165) is 0 Å². The van der Waals surface area contributed by atoms with E-state index in [4.69, 9.17) is 9.57 Å². The first kappa shape index (κ1) is 21.1. The van der Waals surface area contributed by atoms with Gasteiger partial charge in [-0.1, -0.05) is 12.1 Å². The van der Waals surface area contributed by atoms with E-state index in [1.165, 1.54) is 24.1 Å². The van der Waals surface area contributed by atoms with Crippen LogP contribution in [0.25, 0.3) is 0 Å². The monoisotopic (exact) mass is 354 g/mol. The van der Waals surface area contributed by atoms with E-state index in [9.17, 15) is 14.0 Å². The van der Waals surface area contributed by atoms with Crippen LogP contribution in [-0.4, -0.2) is 54.6 Å². The van der Waals surface area contributed by atoms with Crippen molar-refractivity contribution in [2.24, 2.45) is 0 Å². The highest BCUT2D eigenvalue weighted by atomic mass is 19.1. The molecule has 1 aromatic carbocycles. The maximum absolute atomic E-state index is 12.9. The molecule has 0 saturated heterocycles. The molecule has 1 aromatic rings. The lowest BCUT2D eigenvalue weighted by atomic mass is 10.1. The Morgan fingerprint density at radius 3 is 2.28 bits per heavy atom. The number of halogens is 1. The number of amides is 1. The maximum Gasteiger partial charge on any atom is 0.410 e. The van der Waals surface area contributed by atoms with Gasteiger partial charge in [-0.05, 0) is 38.5 Å². The van der Waals surface area contributed by atoms with Crippen molar-refractivity contribution in [3.05, 3.63) is 35.6 Å². The lowest BCUT2D eigenvalue weighted by Crippen LogP contribution is -2.48. The van der Waals surface area contributed by atoms with Crippen LogP contribution in [0.15, 0.2) is 24.3 Å². The summed E-state index contributed by atoms with van der Waals surface area (Å²) in [6.45, 7) is 5.93. The maximum atomic E-state index is 12.9. The Kier molecular flexibility index (Phi) is 7.99. The molecule has 140 valence electrons. The summed E-state index contributed by atoms with van der Waals surface area (Å²) in [5.41, 5.74) is 0.111. The lowest BCUT2D eigenvalue weighted by molar-refractivity contribution is -0.130. The molecule has 0 atom stereocenters. The fraction of sp³-hybridized carbons (Fsp3) is 0.556. The molecular weight excluding hydrogens is 327 g/mol. The summed E-state index contributed by atoms with van der Waals surface area (Å²) >= 11 is 0. The van der Waals surface area contributed by atoms with Gasteiger partial charge in [0.05, 0.1) is 13.7 Å². The number of ketones is 1. The normalized spacial score (nSPS) is 11.5. The minimum atomic E-state index is -0.578. The fourth-order valence-corrected chi connectivity index (χ4v) is 2.01. The third-order valence-electron chi connectivity index (χ3n) is 3.66. The molecule has 0 heterocycles. The molecule has 0 N–H and O–H groups in total. The zero-order valence-electron chi connectivity index (χ0n) is 15.5. The van der Waals surface area contributed by atoms with Crippen molar-refractivity contribution >= 4 is 11.9 Å². The van der Waals surface area contributed by atoms with Crippen LogP contribution >= 0.6 is 0 Å². The molecule has 0 bridgehead atoms. The number of hydrogen-bond donors (Lipinski definition) is 0. The van der Waals surface area contributed by atoms with Crippen molar-refractivity contribution in [1.82, 2.24) is 9.96 Å². The van der Waals surface area contributed by atoms with Crippen molar-refractivity contribution in [3.8, 4) is 0 Å². The van der Waals surface area contributed by atoms with Gasteiger partial charge in [0.15, 0.2) is 5.78 Å². The van der Waals surface area contributed by atoms with Gasteiger partial charge in [0, 0.05) is 25.6 Å². The zero-order valence-corrected chi connectivity index (χ0v) is 15.5. The highest BCUT2D eigenvalue weighted by molar-refractivity contribution is 5.84. The number of nitrogens with zero attached hydrogens (tertiary/aromatic N) is 2. The molecular formula is C18H27FN2O4. The van der Waals surface area contributed by atoms with Gasteiger partial charge in [0.2, 0.25) is 0 Å². The summed E-state index contributed by atoms with van der Waals surface area (Å²) in [5.74, 6) is -0.435. The molecule has 0 saturated carbocycles. The van der Waals surface area contributed by atoms with E-state index in [-0.39, 0.29) is 31.2 Å². The Balaban J connectivity index is 2.63. The van der Waals surface area contributed by atoms with Crippen LogP contribution in [-0.2, 0) is 21.0 Å². The second-order valence-corrected chi connectivity index (χ2v) is 6.76. The predicted molar refractivity (Wildman–Crippen MR) is 92.3 cm³/mol. The van der Waals surface area contributed by atoms with Gasteiger partial charge in [-0.25, -0.2) is 9.18 Å². The number of ether oxygens (including phenoxy) is 1. The number of carbonyl (C=O) groups is 2. The molecule has 0 aromatic heterocycles. The highest BCUT2D eigenvalue weighted by Crippen LogP contribution is 2.16. The standard InChI is InChI=1S/C18H27FN2O4/c1-18(2,3)21(12-16(22)10-11-20(4)24-5)17(23)25-13-14-6-8-15(19)9-7-14/h6-9H,10-13H2,1-5H3. The molecule has 0 aliphatic rings. The van der Waals surface area contributed by atoms with Crippen LogP contribution in [0.2, 0.25) is 0 Å². The van der Waals surface area contributed by atoms with Gasteiger partial charge in [0.1, 0.15) is 12.4 Å². The highest BCUT2D eigenvalue weighted by Gasteiger charge is 2.29. The van der Waals surface area contributed by atoms with Crippen molar-refractivity contribution < 1.29 is 23.6 Å². The molecule has 1 rings (SSSR count). The summed E-state index contributed by atoms with van der Waals surface area (Å²) in [5, 5.41) is 1.55. The summed E-state index contributed by atoms with van der Waals surface area (Å²) in [4.78, 5) is 30.9. The smallest absolute Gasteiger partial charge is 0.410 e. The van der Waals surface area contributed by atoms with Crippen LogP contribution in [0.3, 0.4) is 0 Å². The first-order valence-corrected chi connectivity index (χ1v) is 8.09. The van der Waals surface area contributed by atoms with Crippen molar-refractivity contribution in [3.63, 3.8) is 0 Å². The number of benzene rings is 1. The molecule has 7 heteroatoms. The molecule has 0 aliphatic carbocycles. The van der Waals surface area contributed by atoms with E-state index in [0.29, 0.717) is 12.1 Å². The van der Waals surface area contributed by atoms with Crippen molar-refractivity contribution in [2.45, 2.75) is 39.3 Å². The van der Waals surface area contributed by atoms with Gasteiger partial charge in [-0.15, -0.1) is 0 Å². The molecule has 0 spiro atoms. The first-order chi connectivity index (χ1) is 11.6. The number of hydrogen-bond acceptors (Lipinski definition) is 5.